The van der Waals surface area contributed by atoms with Gasteiger partial charge in [0.05, 0.1) is 48.5 Å². The van der Waals surface area contributed by atoms with Gasteiger partial charge in [-0.25, -0.2) is 0 Å². The number of benzene rings is 1. The molecule has 2 heterocycles. The molecule has 2 aliphatic rings. The van der Waals surface area contributed by atoms with E-state index in [1.807, 2.05) is 6.92 Å². The fourth-order valence-corrected chi connectivity index (χ4v) is 4.00. The van der Waals surface area contributed by atoms with Crippen LogP contribution >= 0.6 is 0 Å². The SMILES string of the molecule is C[C@@H]1O[C@H](OC[C@H]2N[C@H](CO)[C@@H](O)[C@H](O)[C@H]2O)[C@@H](O)[C@H](O)[C@@H]1O.Cc1ccc(S(=O)(=O)O)cc1. The first-order valence-corrected chi connectivity index (χ1v) is 12.0. The zero-order valence-electron chi connectivity index (χ0n) is 18.6. The third-order valence-corrected chi connectivity index (χ3v) is 6.58. The number of nitrogens with one attached hydrogen (secondary N) is 1. The van der Waals surface area contributed by atoms with E-state index in [9.17, 15) is 39.1 Å². The molecule has 14 heteroatoms. The topological polar surface area (TPSA) is 226 Å². The Morgan fingerprint density at radius 3 is 1.94 bits per heavy atom. The highest BCUT2D eigenvalue weighted by molar-refractivity contribution is 7.85. The molecule has 0 unspecified atom stereocenters. The van der Waals surface area contributed by atoms with E-state index in [4.69, 9.17) is 19.1 Å². The van der Waals surface area contributed by atoms with Crippen molar-refractivity contribution in [2.75, 3.05) is 13.2 Å². The Hall–Kier alpha value is -1.27. The molecule has 3 rings (SSSR count). The van der Waals surface area contributed by atoms with E-state index < -0.39 is 77.8 Å². The van der Waals surface area contributed by atoms with Crippen LogP contribution in [0.15, 0.2) is 29.2 Å². The summed E-state index contributed by atoms with van der Waals surface area (Å²) >= 11 is 0. The predicted octanol–water partition coefficient (Wildman–Crippen LogP) is -3.51. The quantitative estimate of drug-likeness (QED) is 0.175. The van der Waals surface area contributed by atoms with Gasteiger partial charge in [0, 0.05) is 0 Å². The van der Waals surface area contributed by atoms with Gasteiger partial charge in [0.15, 0.2) is 6.29 Å². The highest BCUT2D eigenvalue weighted by Crippen LogP contribution is 2.23. The molecule has 9 N–H and O–H groups in total. The normalized spacial score (nSPS) is 38.6. The molecule has 2 aliphatic heterocycles. The van der Waals surface area contributed by atoms with Gasteiger partial charge in [-0.05, 0) is 26.0 Å². The molecule has 0 bridgehead atoms. The van der Waals surface area contributed by atoms with Crippen molar-refractivity contribution >= 4 is 10.1 Å². The minimum atomic E-state index is -4.02. The van der Waals surface area contributed by atoms with Crippen LogP contribution < -0.4 is 5.32 Å². The van der Waals surface area contributed by atoms with Crippen LogP contribution in [0.3, 0.4) is 0 Å². The summed E-state index contributed by atoms with van der Waals surface area (Å²) in [5.74, 6) is 0. The van der Waals surface area contributed by atoms with Crippen LogP contribution in [0.2, 0.25) is 0 Å². The maximum Gasteiger partial charge on any atom is 0.294 e. The van der Waals surface area contributed by atoms with Crippen molar-refractivity contribution < 1.29 is 58.2 Å². The van der Waals surface area contributed by atoms with Crippen LogP contribution in [0.4, 0.5) is 0 Å². The fraction of sp³-hybridized carbons (Fsp3) is 0.700. The first kappa shape index (κ1) is 29.0. The number of aliphatic hydroxyl groups is 7. The molecule has 1 aromatic rings. The van der Waals surface area contributed by atoms with Crippen molar-refractivity contribution in [1.29, 1.82) is 0 Å². The Morgan fingerprint density at radius 2 is 1.41 bits per heavy atom. The average molecular weight is 512 g/mol. The molecule has 0 aromatic heterocycles. The lowest BCUT2D eigenvalue weighted by Crippen LogP contribution is -2.67. The summed E-state index contributed by atoms with van der Waals surface area (Å²) in [5, 5.41) is 70.4. The molecular weight excluding hydrogens is 478 g/mol. The van der Waals surface area contributed by atoms with Crippen LogP contribution in [0.1, 0.15) is 12.5 Å². The second-order valence-electron chi connectivity index (χ2n) is 8.34. The summed E-state index contributed by atoms with van der Waals surface area (Å²) in [6, 6.07) is 4.31. The summed E-state index contributed by atoms with van der Waals surface area (Å²) < 4.78 is 40.1. The van der Waals surface area contributed by atoms with Crippen molar-refractivity contribution in [3.63, 3.8) is 0 Å². The predicted molar refractivity (Wildman–Crippen MR) is 115 cm³/mol. The van der Waals surface area contributed by atoms with Crippen molar-refractivity contribution in [3.05, 3.63) is 29.8 Å². The molecule has 0 spiro atoms. The maximum absolute atomic E-state index is 10.5. The number of ether oxygens (including phenoxy) is 2. The molecule has 2 fully saturated rings. The lowest BCUT2D eigenvalue weighted by atomic mass is 9.91. The number of aliphatic hydroxyl groups excluding tert-OH is 7. The molecule has 0 saturated carbocycles. The van der Waals surface area contributed by atoms with Crippen LogP contribution in [0.25, 0.3) is 0 Å². The van der Waals surface area contributed by atoms with E-state index in [0.29, 0.717) is 0 Å². The third-order valence-electron chi connectivity index (χ3n) is 5.72. The van der Waals surface area contributed by atoms with Gasteiger partial charge in [-0.2, -0.15) is 8.42 Å². The fourth-order valence-electron chi connectivity index (χ4n) is 3.52. The van der Waals surface area contributed by atoms with E-state index >= 15 is 0 Å². The van der Waals surface area contributed by atoms with Gasteiger partial charge in [0.25, 0.3) is 10.1 Å². The number of aryl methyl sites for hydroxylation is 1. The second-order valence-corrected chi connectivity index (χ2v) is 9.76. The molecule has 1 aromatic carbocycles. The first-order chi connectivity index (χ1) is 15.8. The van der Waals surface area contributed by atoms with E-state index in [2.05, 4.69) is 5.32 Å². The average Bonchev–Trinajstić information content (AvgIpc) is 2.79. The monoisotopic (exact) mass is 511 g/mol. The number of rotatable bonds is 5. The van der Waals surface area contributed by atoms with Gasteiger partial charge in [-0.3, -0.25) is 4.55 Å². The van der Waals surface area contributed by atoms with Crippen molar-refractivity contribution in [3.8, 4) is 0 Å². The number of hydrogen-bond acceptors (Lipinski definition) is 12. The highest BCUT2D eigenvalue weighted by atomic mass is 32.2. The second kappa shape index (κ2) is 12.1. The first-order valence-electron chi connectivity index (χ1n) is 10.5. The molecule has 0 radical (unpaired) electrons. The third kappa shape index (κ3) is 7.13. The van der Waals surface area contributed by atoms with Crippen LogP contribution in [0, 0.1) is 6.92 Å². The minimum absolute atomic E-state index is 0.0666. The van der Waals surface area contributed by atoms with Crippen LogP contribution in [0.5, 0.6) is 0 Å². The van der Waals surface area contributed by atoms with E-state index in [1.165, 1.54) is 19.1 Å². The lowest BCUT2D eigenvalue weighted by Gasteiger charge is -2.43. The maximum atomic E-state index is 10.5. The Labute approximate surface area is 196 Å². The molecule has 2 saturated heterocycles. The largest absolute Gasteiger partial charge is 0.395 e. The Morgan fingerprint density at radius 1 is 0.882 bits per heavy atom. The van der Waals surface area contributed by atoms with Crippen molar-refractivity contribution in [2.24, 2.45) is 0 Å². The van der Waals surface area contributed by atoms with Gasteiger partial charge in [0.1, 0.15) is 24.4 Å². The van der Waals surface area contributed by atoms with Gasteiger partial charge >= 0.3 is 0 Å². The standard InChI is InChI=1S/C13H25NO9.C7H8O3S/c1-4-7(16)10(19)12(21)13(23-4)22-3-6-9(18)11(20)8(17)5(2-15)14-6;1-6-2-4-7(5-3-6)11(8,9)10/h4-21H,2-3H2,1H3;2-5H,1H3,(H,8,9,10)/t4-,5+,6+,7+,8+,9-,10+,11-,12-,13-;/m0./s1. The zero-order chi connectivity index (χ0) is 25.8. The Kier molecular flexibility index (Phi) is 10.3. The number of hydrogen-bond donors (Lipinski definition) is 9. The summed E-state index contributed by atoms with van der Waals surface area (Å²) in [6.07, 6.45) is -10.3. The van der Waals surface area contributed by atoms with Gasteiger partial charge in [-0.15, -0.1) is 0 Å². The van der Waals surface area contributed by atoms with Crippen LogP contribution in [-0.4, -0.2) is 123 Å². The van der Waals surface area contributed by atoms with E-state index in [0.717, 1.165) is 5.56 Å². The Balaban J connectivity index is 0.000000310. The van der Waals surface area contributed by atoms with Gasteiger partial charge < -0.3 is 50.5 Å². The molecular formula is C20H33NO12S. The summed E-state index contributed by atoms with van der Waals surface area (Å²) in [5.41, 5.74) is 0.956. The molecule has 0 amide bonds. The molecule has 34 heavy (non-hydrogen) atoms. The molecule has 0 aliphatic carbocycles. The van der Waals surface area contributed by atoms with E-state index in [-0.39, 0.29) is 11.5 Å². The van der Waals surface area contributed by atoms with E-state index in [1.54, 1.807) is 12.1 Å². The smallest absolute Gasteiger partial charge is 0.294 e. The van der Waals surface area contributed by atoms with Crippen molar-refractivity contribution in [2.45, 2.75) is 79.8 Å². The zero-order valence-corrected chi connectivity index (χ0v) is 19.4. The minimum Gasteiger partial charge on any atom is -0.395 e. The molecule has 10 atom stereocenters. The Bertz CT molecular complexity index is 867. The molecule has 13 nitrogen and oxygen atoms in total. The lowest BCUT2D eigenvalue weighted by molar-refractivity contribution is -0.296. The molecule has 196 valence electrons. The number of piperidine rings is 1. The summed E-state index contributed by atoms with van der Waals surface area (Å²) in [4.78, 5) is -0.0666. The van der Waals surface area contributed by atoms with Gasteiger partial charge in [-0.1, -0.05) is 17.7 Å². The van der Waals surface area contributed by atoms with Crippen molar-refractivity contribution in [1.82, 2.24) is 5.32 Å². The summed E-state index contributed by atoms with van der Waals surface area (Å²) in [7, 11) is -4.02. The van der Waals surface area contributed by atoms with Gasteiger partial charge in [0.2, 0.25) is 0 Å². The summed E-state index contributed by atoms with van der Waals surface area (Å²) in [6.45, 7) is 2.67. The van der Waals surface area contributed by atoms with Crippen LogP contribution in [-0.2, 0) is 19.6 Å². The highest BCUT2D eigenvalue weighted by Gasteiger charge is 2.45.